The fourth-order valence-corrected chi connectivity index (χ4v) is 1.99. The number of halogens is 1. The number of ether oxygens (including phenoxy) is 1. The van der Waals surface area contributed by atoms with E-state index in [1.807, 2.05) is 7.05 Å². The van der Waals surface area contributed by atoms with Crippen molar-refractivity contribution >= 4 is 17.5 Å². The number of hydrogen-bond acceptors (Lipinski definition) is 2. The van der Waals surface area contributed by atoms with Crippen molar-refractivity contribution in [1.82, 2.24) is 4.90 Å². The lowest BCUT2D eigenvalue weighted by Gasteiger charge is -2.25. The molecule has 1 unspecified atom stereocenters. The third-order valence-corrected chi connectivity index (χ3v) is 3.12. The van der Waals surface area contributed by atoms with Crippen molar-refractivity contribution < 1.29 is 9.53 Å². The fraction of sp³-hybridized carbons (Fsp3) is 0.909. The predicted molar refractivity (Wildman–Crippen MR) is 61.1 cm³/mol. The maximum absolute atomic E-state index is 11.5. The van der Waals surface area contributed by atoms with Crippen LogP contribution >= 0.6 is 11.6 Å². The molecule has 0 bridgehead atoms. The van der Waals surface area contributed by atoms with E-state index in [9.17, 15) is 4.79 Å². The van der Waals surface area contributed by atoms with Gasteiger partial charge in [-0.3, -0.25) is 4.79 Å². The van der Waals surface area contributed by atoms with E-state index < -0.39 is 5.38 Å². The van der Waals surface area contributed by atoms with Crippen LogP contribution in [0.3, 0.4) is 0 Å². The van der Waals surface area contributed by atoms with Crippen LogP contribution in [-0.2, 0) is 9.53 Å². The first kappa shape index (κ1) is 12.8. The van der Waals surface area contributed by atoms with Gasteiger partial charge in [0.25, 0.3) is 0 Å². The van der Waals surface area contributed by atoms with Crippen LogP contribution < -0.4 is 0 Å². The summed E-state index contributed by atoms with van der Waals surface area (Å²) in [5, 5.41) is -0.412. The van der Waals surface area contributed by atoms with Crippen LogP contribution in [0.4, 0.5) is 0 Å². The van der Waals surface area contributed by atoms with E-state index in [4.69, 9.17) is 16.3 Å². The second-order valence-electron chi connectivity index (χ2n) is 4.22. The van der Waals surface area contributed by atoms with Crippen LogP contribution in [0.1, 0.15) is 26.2 Å². The lowest BCUT2D eigenvalue weighted by Crippen LogP contribution is -2.34. The van der Waals surface area contributed by atoms with E-state index in [-0.39, 0.29) is 5.91 Å². The summed E-state index contributed by atoms with van der Waals surface area (Å²) in [5.74, 6) is 0.725. The zero-order valence-electron chi connectivity index (χ0n) is 9.54. The Morgan fingerprint density at radius 2 is 2.13 bits per heavy atom. The number of nitrogens with zero attached hydrogens (tertiary/aromatic N) is 1. The van der Waals surface area contributed by atoms with Gasteiger partial charge < -0.3 is 9.64 Å². The molecule has 1 aliphatic rings. The zero-order valence-corrected chi connectivity index (χ0v) is 10.3. The lowest BCUT2D eigenvalue weighted by atomic mass is 9.96. The van der Waals surface area contributed by atoms with E-state index in [0.29, 0.717) is 5.92 Å². The molecule has 1 aliphatic heterocycles. The maximum Gasteiger partial charge on any atom is 0.240 e. The molecule has 0 aromatic rings. The third-order valence-electron chi connectivity index (χ3n) is 2.93. The molecule has 1 amide bonds. The van der Waals surface area contributed by atoms with Gasteiger partial charge in [-0.2, -0.15) is 0 Å². The Kier molecular flexibility index (Phi) is 5.40. The molecule has 0 radical (unpaired) electrons. The van der Waals surface area contributed by atoms with Gasteiger partial charge in [0, 0.05) is 26.8 Å². The maximum atomic E-state index is 11.5. The highest BCUT2D eigenvalue weighted by Crippen LogP contribution is 2.18. The molecule has 4 heteroatoms. The summed E-state index contributed by atoms with van der Waals surface area (Å²) in [6.07, 6.45) is 3.31. The highest BCUT2D eigenvalue weighted by atomic mass is 35.5. The second-order valence-corrected chi connectivity index (χ2v) is 4.87. The number of hydrogen-bond donors (Lipinski definition) is 0. The fourth-order valence-electron chi connectivity index (χ4n) is 1.83. The molecule has 0 saturated carbocycles. The third kappa shape index (κ3) is 4.39. The summed E-state index contributed by atoms with van der Waals surface area (Å²) >= 11 is 5.73. The van der Waals surface area contributed by atoms with Crippen LogP contribution in [0.2, 0.25) is 0 Å². The van der Waals surface area contributed by atoms with Gasteiger partial charge in [-0.25, -0.2) is 0 Å². The predicted octanol–water partition coefficient (Wildman–Crippen LogP) is 1.89. The van der Waals surface area contributed by atoms with Crippen LogP contribution in [0.5, 0.6) is 0 Å². The Balaban J connectivity index is 2.20. The number of rotatable bonds is 4. The molecule has 1 rings (SSSR count). The summed E-state index contributed by atoms with van der Waals surface area (Å²) in [6.45, 7) is 4.26. The Morgan fingerprint density at radius 3 is 2.67 bits per heavy atom. The smallest absolute Gasteiger partial charge is 0.240 e. The molecule has 0 N–H and O–H groups in total. The second kappa shape index (κ2) is 6.33. The van der Waals surface area contributed by atoms with Crippen molar-refractivity contribution in [3.8, 4) is 0 Å². The quantitative estimate of drug-likeness (QED) is 0.694. The van der Waals surface area contributed by atoms with Crippen molar-refractivity contribution in [2.75, 3.05) is 26.8 Å². The Hall–Kier alpha value is -0.280. The molecule has 0 aromatic carbocycles. The van der Waals surface area contributed by atoms with Gasteiger partial charge >= 0.3 is 0 Å². The Bertz CT molecular complexity index is 203. The summed E-state index contributed by atoms with van der Waals surface area (Å²) in [7, 11) is 1.82. The highest BCUT2D eigenvalue weighted by molar-refractivity contribution is 6.30. The molecular weight excluding hydrogens is 214 g/mol. The van der Waals surface area contributed by atoms with E-state index in [1.54, 1.807) is 11.8 Å². The number of carbonyl (C=O) groups is 1. The van der Waals surface area contributed by atoms with E-state index >= 15 is 0 Å². The normalized spacial score (nSPS) is 19.9. The van der Waals surface area contributed by atoms with Gasteiger partial charge in [0.05, 0.1) is 0 Å². The van der Waals surface area contributed by atoms with Crippen LogP contribution in [-0.4, -0.2) is 43.0 Å². The van der Waals surface area contributed by atoms with Crippen molar-refractivity contribution in [2.45, 2.75) is 31.6 Å². The molecule has 0 aliphatic carbocycles. The van der Waals surface area contributed by atoms with Crippen molar-refractivity contribution in [1.29, 1.82) is 0 Å². The van der Waals surface area contributed by atoms with E-state index in [2.05, 4.69) is 0 Å². The van der Waals surface area contributed by atoms with Crippen LogP contribution in [0, 0.1) is 5.92 Å². The average molecular weight is 234 g/mol. The first-order chi connectivity index (χ1) is 7.11. The summed E-state index contributed by atoms with van der Waals surface area (Å²) < 4.78 is 5.29. The van der Waals surface area contributed by atoms with Crippen LogP contribution in [0.15, 0.2) is 0 Å². The molecule has 3 nitrogen and oxygen atoms in total. The molecular formula is C11H20ClNO2. The summed E-state index contributed by atoms with van der Waals surface area (Å²) in [5.41, 5.74) is 0. The molecule has 15 heavy (non-hydrogen) atoms. The molecule has 1 heterocycles. The van der Waals surface area contributed by atoms with Crippen LogP contribution in [0.25, 0.3) is 0 Å². The van der Waals surface area contributed by atoms with Gasteiger partial charge in [-0.15, -0.1) is 11.6 Å². The van der Waals surface area contributed by atoms with Gasteiger partial charge in [-0.05, 0) is 32.1 Å². The first-order valence-corrected chi connectivity index (χ1v) is 6.01. The Labute approximate surface area is 96.7 Å². The monoisotopic (exact) mass is 233 g/mol. The van der Waals surface area contributed by atoms with E-state index in [0.717, 1.165) is 39.0 Å². The Morgan fingerprint density at radius 1 is 1.53 bits per heavy atom. The van der Waals surface area contributed by atoms with Gasteiger partial charge in [0.15, 0.2) is 0 Å². The number of alkyl halides is 1. The minimum atomic E-state index is -0.412. The molecule has 1 saturated heterocycles. The number of carbonyl (C=O) groups excluding carboxylic acids is 1. The summed E-state index contributed by atoms with van der Waals surface area (Å²) in [6, 6.07) is 0. The van der Waals surface area contributed by atoms with Gasteiger partial charge in [0.1, 0.15) is 5.38 Å². The van der Waals surface area contributed by atoms with Crippen molar-refractivity contribution in [3.05, 3.63) is 0 Å². The van der Waals surface area contributed by atoms with Crippen molar-refractivity contribution in [2.24, 2.45) is 5.92 Å². The van der Waals surface area contributed by atoms with Gasteiger partial charge in [-0.1, -0.05) is 0 Å². The zero-order chi connectivity index (χ0) is 11.3. The minimum Gasteiger partial charge on any atom is -0.381 e. The minimum absolute atomic E-state index is 0.0173. The lowest BCUT2D eigenvalue weighted by molar-refractivity contribution is -0.129. The average Bonchev–Trinajstić information content (AvgIpc) is 2.26. The molecule has 88 valence electrons. The van der Waals surface area contributed by atoms with Crippen molar-refractivity contribution in [3.63, 3.8) is 0 Å². The standard InChI is InChI=1S/C11H20ClNO2/c1-9(12)11(14)13(2)6-3-10-4-7-15-8-5-10/h9-10H,3-8H2,1-2H3. The number of amides is 1. The topological polar surface area (TPSA) is 29.5 Å². The van der Waals surface area contributed by atoms with E-state index in [1.165, 1.54) is 0 Å². The largest absolute Gasteiger partial charge is 0.381 e. The molecule has 1 fully saturated rings. The summed E-state index contributed by atoms with van der Waals surface area (Å²) in [4.78, 5) is 13.2. The molecule has 0 aromatic heterocycles. The highest BCUT2D eigenvalue weighted by Gasteiger charge is 2.18. The molecule has 0 spiro atoms. The SMILES string of the molecule is CC(Cl)C(=O)N(C)CCC1CCOCC1. The molecule has 1 atom stereocenters. The van der Waals surface area contributed by atoms with Gasteiger partial charge in [0.2, 0.25) is 5.91 Å². The first-order valence-electron chi connectivity index (χ1n) is 5.58.